The molecule has 0 radical (unpaired) electrons. The number of hydrogen-bond donors (Lipinski definition) is 0. The second-order valence-electron chi connectivity index (χ2n) is 16.0. The molecule has 0 saturated heterocycles. The average Bonchev–Trinajstić information content (AvgIpc) is 3.94. The van der Waals surface area contributed by atoms with E-state index in [4.69, 9.17) is 4.42 Å². The third kappa shape index (κ3) is 6.58. The zero-order valence-corrected chi connectivity index (χ0v) is 35.1. The van der Waals surface area contributed by atoms with Gasteiger partial charge < -0.3 is 9.32 Å². The van der Waals surface area contributed by atoms with Crippen molar-refractivity contribution in [3.8, 4) is 55.6 Å². The number of benzene rings is 10. The molecule has 0 saturated carbocycles. The number of rotatable bonds is 8. The van der Waals surface area contributed by atoms with Crippen molar-refractivity contribution < 1.29 is 4.42 Å². The van der Waals surface area contributed by atoms with Crippen molar-refractivity contribution in [1.29, 1.82) is 0 Å². The van der Waals surface area contributed by atoms with Crippen LogP contribution in [0.25, 0.3) is 97.7 Å². The first-order valence-electron chi connectivity index (χ1n) is 21.4. The highest BCUT2D eigenvalue weighted by Crippen LogP contribution is 2.51. The number of furan rings is 1. The first-order valence-corrected chi connectivity index (χ1v) is 22.2. The second-order valence-corrected chi connectivity index (χ2v) is 17.1. The Balaban J connectivity index is 1.18. The fourth-order valence-electron chi connectivity index (χ4n) is 9.25. The van der Waals surface area contributed by atoms with Gasteiger partial charge in [-0.25, -0.2) is 0 Å². The average molecular weight is 822 g/mol. The van der Waals surface area contributed by atoms with Gasteiger partial charge in [0.2, 0.25) is 0 Å². The van der Waals surface area contributed by atoms with Gasteiger partial charge in [0.15, 0.2) is 0 Å². The summed E-state index contributed by atoms with van der Waals surface area (Å²) >= 11 is 1.85. The molecular weight excluding hydrogens is 783 g/mol. The molecule has 0 aliphatic carbocycles. The summed E-state index contributed by atoms with van der Waals surface area (Å²) in [5, 5.41) is 4.60. The molecule has 0 amide bonds. The van der Waals surface area contributed by atoms with Crippen molar-refractivity contribution in [1.82, 2.24) is 0 Å². The number of thiophene rings is 1. The summed E-state index contributed by atoms with van der Waals surface area (Å²) in [6.07, 6.45) is 0. The van der Waals surface area contributed by atoms with Crippen LogP contribution in [0.4, 0.5) is 17.1 Å². The van der Waals surface area contributed by atoms with E-state index in [0.29, 0.717) is 0 Å². The molecule has 2 nitrogen and oxygen atoms in total. The number of anilines is 3. The highest BCUT2D eigenvalue weighted by atomic mass is 32.1. The van der Waals surface area contributed by atoms with Gasteiger partial charge in [0.1, 0.15) is 11.2 Å². The largest absolute Gasteiger partial charge is 0.455 e. The maximum atomic E-state index is 7.12. The van der Waals surface area contributed by atoms with E-state index in [2.05, 4.69) is 241 Å². The smallest absolute Gasteiger partial charge is 0.145 e. The van der Waals surface area contributed by atoms with Crippen LogP contribution in [0.1, 0.15) is 0 Å². The molecule has 0 unspecified atom stereocenters. The Kier molecular flexibility index (Phi) is 9.06. The van der Waals surface area contributed by atoms with E-state index < -0.39 is 0 Å². The Morgan fingerprint density at radius 1 is 0.317 bits per heavy atom. The lowest BCUT2D eigenvalue weighted by molar-refractivity contribution is 0.670. The molecule has 63 heavy (non-hydrogen) atoms. The minimum absolute atomic E-state index is 0.853. The Bertz CT molecular complexity index is 3540. The van der Waals surface area contributed by atoms with Crippen molar-refractivity contribution in [3.63, 3.8) is 0 Å². The third-order valence-electron chi connectivity index (χ3n) is 12.2. The monoisotopic (exact) mass is 821 g/mol. The Morgan fingerprint density at radius 2 is 0.825 bits per heavy atom. The van der Waals surface area contributed by atoms with Crippen LogP contribution in [0.5, 0.6) is 0 Å². The number of fused-ring (bicyclic) bond motifs is 6. The lowest BCUT2D eigenvalue weighted by atomic mass is 9.95. The number of nitrogens with zero attached hydrogens (tertiary/aromatic N) is 1. The van der Waals surface area contributed by atoms with Crippen LogP contribution in [0.3, 0.4) is 0 Å². The quantitative estimate of drug-likeness (QED) is 0.152. The molecule has 0 bridgehead atoms. The van der Waals surface area contributed by atoms with Crippen molar-refractivity contribution in [3.05, 3.63) is 237 Å². The van der Waals surface area contributed by atoms with Gasteiger partial charge in [-0.1, -0.05) is 176 Å². The van der Waals surface area contributed by atoms with E-state index in [-0.39, 0.29) is 0 Å². The van der Waals surface area contributed by atoms with E-state index in [1.54, 1.807) is 0 Å². The van der Waals surface area contributed by atoms with Crippen molar-refractivity contribution in [2.45, 2.75) is 0 Å². The van der Waals surface area contributed by atoms with E-state index in [1.807, 2.05) is 11.3 Å². The molecule has 0 aliphatic rings. The minimum atomic E-state index is 0.853. The van der Waals surface area contributed by atoms with Crippen LogP contribution in [-0.2, 0) is 0 Å². The fraction of sp³-hybridized carbons (Fsp3) is 0. The summed E-state index contributed by atoms with van der Waals surface area (Å²) in [7, 11) is 0. The van der Waals surface area contributed by atoms with Crippen LogP contribution >= 0.6 is 11.3 Å². The van der Waals surface area contributed by atoms with Crippen LogP contribution in [0.2, 0.25) is 0 Å². The van der Waals surface area contributed by atoms with Crippen LogP contribution < -0.4 is 4.90 Å². The van der Waals surface area contributed by atoms with Gasteiger partial charge in [-0.05, 0) is 111 Å². The van der Waals surface area contributed by atoms with Gasteiger partial charge in [-0.3, -0.25) is 0 Å². The molecular formula is C60H39NOS. The van der Waals surface area contributed by atoms with Gasteiger partial charge in [-0.2, -0.15) is 0 Å². The Hall–Kier alpha value is -7.98. The summed E-state index contributed by atoms with van der Waals surface area (Å²) in [5.41, 5.74) is 16.4. The lowest BCUT2D eigenvalue weighted by Gasteiger charge is -2.29. The van der Waals surface area contributed by atoms with Crippen LogP contribution in [0, 0.1) is 0 Å². The van der Waals surface area contributed by atoms with Crippen molar-refractivity contribution >= 4 is 70.5 Å². The topological polar surface area (TPSA) is 16.4 Å². The van der Waals surface area contributed by atoms with Gasteiger partial charge >= 0.3 is 0 Å². The Morgan fingerprint density at radius 3 is 1.41 bits per heavy atom. The van der Waals surface area contributed by atoms with Crippen LogP contribution in [-0.4, -0.2) is 0 Å². The van der Waals surface area contributed by atoms with Gasteiger partial charge in [-0.15, -0.1) is 11.3 Å². The molecule has 2 heterocycles. The first kappa shape index (κ1) is 36.8. The van der Waals surface area contributed by atoms with Gasteiger partial charge in [0, 0.05) is 36.8 Å². The maximum absolute atomic E-state index is 7.12. The molecule has 10 aromatic carbocycles. The lowest BCUT2D eigenvalue weighted by Crippen LogP contribution is -2.11. The summed E-state index contributed by atoms with van der Waals surface area (Å²) in [4.78, 5) is 2.50. The van der Waals surface area contributed by atoms with Crippen molar-refractivity contribution in [2.24, 2.45) is 0 Å². The Labute approximate surface area is 370 Å². The number of hydrogen-bond acceptors (Lipinski definition) is 3. The van der Waals surface area contributed by atoms with Crippen molar-refractivity contribution in [2.75, 3.05) is 4.90 Å². The van der Waals surface area contributed by atoms with Gasteiger partial charge in [0.25, 0.3) is 0 Å². The van der Waals surface area contributed by atoms with Crippen LogP contribution in [0.15, 0.2) is 241 Å². The third-order valence-corrected chi connectivity index (χ3v) is 13.4. The second kappa shape index (κ2) is 15.5. The molecule has 0 atom stereocenters. The molecule has 2 aromatic heterocycles. The summed E-state index contributed by atoms with van der Waals surface area (Å²) in [5.74, 6) is 0. The molecule has 0 aliphatic heterocycles. The zero-order valence-electron chi connectivity index (χ0n) is 34.3. The van der Waals surface area contributed by atoms with E-state index in [0.717, 1.165) is 83.5 Å². The normalized spacial score (nSPS) is 11.5. The molecule has 3 heteroatoms. The molecule has 12 aromatic rings. The van der Waals surface area contributed by atoms with Gasteiger partial charge in [0.05, 0.1) is 16.8 Å². The highest BCUT2D eigenvalue weighted by molar-refractivity contribution is 7.26. The summed E-state index contributed by atoms with van der Waals surface area (Å²) < 4.78 is 9.62. The fourth-order valence-corrected chi connectivity index (χ4v) is 10.4. The zero-order chi connectivity index (χ0) is 41.7. The molecule has 0 fully saturated rings. The predicted octanol–water partition coefficient (Wildman–Crippen LogP) is 17.8. The molecule has 12 rings (SSSR count). The molecule has 296 valence electrons. The first-order chi connectivity index (χ1) is 31.2. The maximum Gasteiger partial charge on any atom is 0.145 e. The SMILES string of the molecule is c1ccc(-c2cc(-c3ccccc3)cc(N(c3cccc4sc5cc(-c6ccccc6)ccc5c34)c3ccc(-c4ccccc4)c4oc5cc(-c6ccccc6)ccc5c34)c2)cc1. The van der Waals surface area contributed by atoms with E-state index in [9.17, 15) is 0 Å². The predicted molar refractivity (Wildman–Crippen MR) is 268 cm³/mol. The summed E-state index contributed by atoms with van der Waals surface area (Å²) in [6, 6.07) is 85.3. The van der Waals surface area contributed by atoms with E-state index in [1.165, 1.54) is 31.3 Å². The minimum Gasteiger partial charge on any atom is -0.455 e. The molecule has 0 N–H and O–H groups in total. The summed E-state index contributed by atoms with van der Waals surface area (Å²) in [6.45, 7) is 0. The highest BCUT2D eigenvalue weighted by Gasteiger charge is 2.26. The molecule has 0 spiro atoms. The standard InChI is InChI=1S/C60H39NOS/c1-6-17-40(18-7-1)45-29-31-51-55(38-45)62-60-50(44-25-14-5-15-26-44)33-34-54(59(51)60)61(49-36-47(42-21-10-3-11-22-42)35-48(37-49)43-23-12-4-13-24-43)53-27-16-28-56-58(53)52-32-30-46(39-57(52)63-56)41-19-8-2-9-20-41/h1-39H. The van der Waals surface area contributed by atoms with E-state index >= 15 is 0 Å².